The van der Waals surface area contributed by atoms with Gasteiger partial charge in [0.2, 0.25) is 12.5 Å². The maximum Gasteiger partial charge on any atom is 0.432 e. The predicted molar refractivity (Wildman–Crippen MR) is 87.7 cm³/mol. The van der Waals surface area contributed by atoms with E-state index < -0.39 is 78.7 Å². The molecule has 7 N–H and O–H groups in total. The molecule has 12 heteroatoms. The molecular weight excluding hydrogens is 380 g/mol. The molecule has 12 nitrogen and oxygen atoms in total. The maximum absolute atomic E-state index is 13.0. The van der Waals surface area contributed by atoms with E-state index in [1.54, 1.807) is 6.92 Å². The molecule has 9 atom stereocenters. The van der Waals surface area contributed by atoms with Crippen LogP contribution in [0.25, 0.3) is 0 Å². The Balaban J connectivity index is 2.14. The second kappa shape index (κ2) is 7.74. The van der Waals surface area contributed by atoms with Gasteiger partial charge in [0.1, 0.15) is 30.6 Å². The average Bonchev–Trinajstić information content (AvgIpc) is 3.13. The van der Waals surface area contributed by atoms with Crippen LogP contribution in [0.4, 0.5) is 4.79 Å². The fourth-order valence-electron chi connectivity index (χ4n) is 3.89. The zero-order chi connectivity index (χ0) is 20.8. The number of amides is 3. The molecule has 1 unspecified atom stereocenters. The first kappa shape index (κ1) is 21.2. The van der Waals surface area contributed by atoms with Gasteiger partial charge in [0.05, 0.1) is 18.8 Å². The number of rotatable bonds is 5. The lowest BCUT2D eigenvalue weighted by molar-refractivity contribution is -0.904. The van der Waals surface area contributed by atoms with Crippen LogP contribution in [0.1, 0.15) is 13.3 Å². The molecule has 0 radical (unpaired) electrons. The first-order chi connectivity index (χ1) is 13.2. The average molecular weight is 405 g/mol. The van der Waals surface area contributed by atoms with Crippen LogP contribution >= 0.6 is 0 Å². The lowest BCUT2D eigenvalue weighted by Gasteiger charge is -2.43. The lowest BCUT2D eigenvalue weighted by atomic mass is 10.0. The molecule has 2 fully saturated rings. The van der Waals surface area contributed by atoms with Gasteiger partial charge in [-0.15, -0.1) is 0 Å². The Kier molecular flexibility index (Phi) is 5.87. The van der Waals surface area contributed by atoms with Crippen LogP contribution in [0, 0.1) is 0 Å². The van der Waals surface area contributed by atoms with Gasteiger partial charge in [0.25, 0.3) is 5.91 Å². The number of urea groups is 1. The van der Waals surface area contributed by atoms with E-state index >= 15 is 0 Å². The quantitative estimate of drug-likeness (QED) is 0.224. The van der Waals surface area contributed by atoms with E-state index in [1.165, 1.54) is 0 Å². The fourth-order valence-corrected chi connectivity index (χ4v) is 3.89. The number of nitrogens with zero attached hydrogens (tertiary/aromatic N) is 1. The number of hydrogen-bond donors (Lipinski definition) is 7. The Hall–Kier alpha value is -1.48. The van der Waals surface area contributed by atoms with Crippen LogP contribution in [0.3, 0.4) is 0 Å². The maximum atomic E-state index is 13.0. The molecule has 0 aromatic rings. The highest BCUT2D eigenvalue weighted by Gasteiger charge is 2.67. The number of carbonyl (C=O) groups excluding carboxylic acids is 2. The molecule has 3 aliphatic rings. The summed E-state index contributed by atoms with van der Waals surface area (Å²) in [6.07, 6.45) is -10.7. The first-order valence-electron chi connectivity index (χ1n) is 8.93. The van der Waals surface area contributed by atoms with E-state index in [9.17, 15) is 40.2 Å². The molecule has 3 heterocycles. The summed E-state index contributed by atoms with van der Waals surface area (Å²) >= 11 is 0. The monoisotopic (exact) mass is 405 g/mol. The molecule has 3 aliphatic heterocycles. The normalized spacial score (nSPS) is 46.6. The zero-order valence-electron chi connectivity index (χ0n) is 15.1. The number of hydrogen-bond acceptors (Lipinski definition) is 10. The fraction of sp³-hybridized carbons (Fsp3) is 0.750. The van der Waals surface area contributed by atoms with Crippen molar-refractivity contribution in [1.82, 2.24) is 5.32 Å². The molecule has 0 aliphatic carbocycles. The highest BCUT2D eigenvalue weighted by Crippen LogP contribution is 2.40. The largest absolute Gasteiger partial charge is 0.432 e. The highest BCUT2D eigenvalue weighted by molar-refractivity contribution is 6.04. The molecule has 28 heavy (non-hydrogen) atoms. The second-order valence-corrected chi connectivity index (χ2v) is 7.06. The molecule has 3 amide bonds. The number of nitrogens with one attached hydrogen (secondary N) is 1. The van der Waals surface area contributed by atoms with Crippen LogP contribution in [0.15, 0.2) is 11.8 Å². The van der Waals surface area contributed by atoms with Crippen molar-refractivity contribution in [2.45, 2.75) is 62.4 Å². The van der Waals surface area contributed by atoms with Gasteiger partial charge in [-0.1, -0.05) is 6.92 Å². The third-order valence-corrected chi connectivity index (χ3v) is 5.49. The predicted octanol–water partition coefficient (Wildman–Crippen LogP) is -3.78. The molecule has 0 saturated carbocycles. The van der Waals surface area contributed by atoms with Crippen molar-refractivity contribution in [3.8, 4) is 0 Å². The van der Waals surface area contributed by atoms with Gasteiger partial charge in [0, 0.05) is 0 Å². The lowest BCUT2D eigenvalue weighted by Crippen LogP contribution is -2.72. The molecule has 0 spiro atoms. The minimum atomic E-state index is -1.69. The van der Waals surface area contributed by atoms with E-state index in [0.29, 0.717) is 0 Å². The summed E-state index contributed by atoms with van der Waals surface area (Å²) in [6, 6.07) is -1.02. The van der Waals surface area contributed by atoms with Crippen molar-refractivity contribution in [3.05, 3.63) is 11.8 Å². The van der Waals surface area contributed by atoms with Crippen molar-refractivity contribution in [2.75, 3.05) is 13.2 Å². The minimum absolute atomic E-state index is 0.120. The zero-order valence-corrected chi connectivity index (χ0v) is 15.1. The SMILES string of the molecule is CCC1=C[N+]([C@@H]2O[C@H](CO)[C@@H](O)[C@H]2O)([C@@H]2O[C@H](CO)[C@@H](O)[C@@H]2O)C(=O)NC1=O. The van der Waals surface area contributed by atoms with Gasteiger partial charge in [-0.25, -0.2) is 10.1 Å². The topological polar surface area (TPSA) is 186 Å². The summed E-state index contributed by atoms with van der Waals surface area (Å²) in [5.74, 6) is -0.681. The number of aliphatic hydroxyl groups is 6. The van der Waals surface area contributed by atoms with Gasteiger partial charge in [-0.05, 0) is 6.42 Å². The van der Waals surface area contributed by atoms with E-state index in [2.05, 4.69) is 5.32 Å². The summed E-state index contributed by atoms with van der Waals surface area (Å²) in [5.41, 5.74) is 0.120. The molecule has 0 bridgehead atoms. The summed E-state index contributed by atoms with van der Waals surface area (Å²) in [6.45, 7) is 0.329. The highest BCUT2D eigenvalue weighted by atomic mass is 16.6. The number of quaternary nitrogens is 1. The smallest absolute Gasteiger partial charge is 0.394 e. The van der Waals surface area contributed by atoms with E-state index in [1.807, 2.05) is 0 Å². The van der Waals surface area contributed by atoms with Crippen molar-refractivity contribution in [3.63, 3.8) is 0 Å². The van der Waals surface area contributed by atoms with Crippen molar-refractivity contribution >= 4 is 11.9 Å². The number of aliphatic hydroxyl groups excluding tert-OH is 6. The Morgan fingerprint density at radius 2 is 1.39 bits per heavy atom. The van der Waals surface area contributed by atoms with Crippen molar-refractivity contribution in [1.29, 1.82) is 0 Å². The van der Waals surface area contributed by atoms with E-state index in [-0.39, 0.29) is 12.0 Å². The third kappa shape index (κ3) is 2.98. The summed E-state index contributed by atoms with van der Waals surface area (Å²) in [4.78, 5) is 25.1. The van der Waals surface area contributed by atoms with Crippen molar-refractivity contribution in [2.24, 2.45) is 0 Å². The Bertz CT molecular complexity index is 640. The first-order valence-corrected chi connectivity index (χ1v) is 8.93. The van der Waals surface area contributed by atoms with Gasteiger partial charge < -0.3 is 40.1 Å². The minimum Gasteiger partial charge on any atom is -0.394 e. The molecule has 0 aromatic heterocycles. The molecule has 3 rings (SSSR count). The summed E-state index contributed by atoms with van der Waals surface area (Å²) in [7, 11) is 0. The third-order valence-electron chi connectivity index (χ3n) is 5.49. The van der Waals surface area contributed by atoms with E-state index in [4.69, 9.17) is 9.47 Å². The Morgan fingerprint density at radius 3 is 1.75 bits per heavy atom. The summed E-state index contributed by atoms with van der Waals surface area (Å²) in [5, 5.41) is 62.2. The standard InChI is InChI=1S/C16H24N2O10/c1-2-6-3-18(16(26)17-13(6)25,14-11(23)9(21)7(4-19)27-14)15-12(24)10(22)8(5-20)28-15/h3,7-12,14-15,19-24H,2,4-5H2,1H3/p+1/t7-,8-,9-,10-,11-,12+,14-,15-,18?/m1/s1. The van der Waals surface area contributed by atoms with Gasteiger partial charge in [0.15, 0.2) is 12.2 Å². The van der Waals surface area contributed by atoms with Crippen LogP contribution in [-0.4, -0.2) is 109 Å². The number of carbonyl (C=O) groups is 2. The van der Waals surface area contributed by atoms with E-state index in [0.717, 1.165) is 6.20 Å². The molecule has 158 valence electrons. The van der Waals surface area contributed by atoms with Gasteiger partial charge in [-0.3, -0.25) is 4.79 Å². The van der Waals surface area contributed by atoms with Crippen LogP contribution in [0.5, 0.6) is 0 Å². The van der Waals surface area contributed by atoms with Gasteiger partial charge in [-0.2, -0.15) is 4.48 Å². The van der Waals surface area contributed by atoms with Crippen molar-refractivity contribution < 1.29 is 54.2 Å². The number of ether oxygens (including phenoxy) is 2. The Labute approximate surface area is 159 Å². The number of imide groups is 1. The van der Waals surface area contributed by atoms with Crippen LogP contribution in [0.2, 0.25) is 0 Å². The second-order valence-electron chi connectivity index (χ2n) is 7.06. The summed E-state index contributed by atoms with van der Waals surface area (Å²) < 4.78 is 9.91. The molecular formula is C16H25N2O10+. The van der Waals surface area contributed by atoms with Crippen LogP contribution in [-0.2, 0) is 14.3 Å². The molecule has 0 aromatic carbocycles. The van der Waals surface area contributed by atoms with Gasteiger partial charge >= 0.3 is 6.03 Å². The molecule has 2 saturated heterocycles. The van der Waals surface area contributed by atoms with Crippen LogP contribution < -0.4 is 5.32 Å². The Morgan fingerprint density at radius 1 is 0.929 bits per heavy atom.